The fraction of sp³-hybridized carbons (Fsp3) is 0.538. The van der Waals surface area contributed by atoms with Gasteiger partial charge in [0.1, 0.15) is 0 Å². The van der Waals surface area contributed by atoms with Crippen LogP contribution in [0.1, 0.15) is 13.8 Å². The molecule has 118 valence electrons. The van der Waals surface area contributed by atoms with E-state index in [2.05, 4.69) is 15.0 Å². The number of pyridine rings is 1. The van der Waals surface area contributed by atoms with Gasteiger partial charge in [-0.3, -0.25) is 4.79 Å². The Kier molecular flexibility index (Phi) is 5.95. The summed E-state index contributed by atoms with van der Waals surface area (Å²) < 4.78 is 40.4. The first kappa shape index (κ1) is 17.2. The smallest absolute Gasteiger partial charge is 0.422 e. The summed E-state index contributed by atoms with van der Waals surface area (Å²) >= 11 is 0. The highest BCUT2D eigenvalue weighted by Gasteiger charge is 2.28. The minimum absolute atomic E-state index is 0.0809. The van der Waals surface area contributed by atoms with Gasteiger partial charge in [-0.25, -0.2) is 4.98 Å². The zero-order chi connectivity index (χ0) is 16.0. The van der Waals surface area contributed by atoms with Crippen LogP contribution in [-0.4, -0.2) is 30.2 Å². The summed E-state index contributed by atoms with van der Waals surface area (Å²) in [6, 6.07) is 2.68. The largest absolute Gasteiger partial charge is 0.468 e. The maximum absolute atomic E-state index is 12.0. The molecule has 1 amide bonds. The molecule has 1 aromatic rings. The Balaban J connectivity index is 2.60. The first-order chi connectivity index (χ1) is 9.73. The van der Waals surface area contributed by atoms with Gasteiger partial charge in [-0.05, 0) is 12.0 Å². The number of halogens is 3. The van der Waals surface area contributed by atoms with Crippen LogP contribution >= 0.6 is 0 Å². The highest BCUT2D eigenvalue weighted by atomic mass is 19.4. The van der Waals surface area contributed by atoms with Crippen molar-refractivity contribution in [3.05, 3.63) is 18.3 Å². The van der Waals surface area contributed by atoms with Gasteiger partial charge in [-0.15, -0.1) is 0 Å². The average molecular weight is 305 g/mol. The zero-order valence-corrected chi connectivity index (χ0v) is 11.8. The molecule has 0 bridgehead atoms. The van der Waals surface area contributed by atoms with Gasteiger partial charge < -0.3 is 15.8 Å². The van der Waals surface area contributed by atoms with Gasteiger partial charge >= 0.3 is 6.18 Å². The summed E-state index contributed by atoms with van der Waals surface area (Å²) in [5, 5.41) is 2.61. The number of hydrogen-bond donors (Lipinski definition) is 2. The van der Waals surface area contributed by atoms with E-state index >= 15 is 0 Å². The van der Waals surface area contributed by atoms with Crippen molar-refractivity contribution in [2.45, 2.75) is 20.0 Å². The maximum atomic E-state index is 12.0. The number of anilines is 1. The minimum Gasteiger partial charge on any atom is -0.468 e. The van der Waals surface area contributed by atoms with Crippen molar-refractivity contribution in [2.24, 2.45) is 17.6 Å². The summed E-state index contributed by atoms with van der Waals surface area (Å²) in [6.45, 7) is 2.56. The second-order valence-electron chi connectivity index (χ2n) is 4.86. The van der Waals surface area contributed by atoms with Crippen LogP contribution in [0.25, 0.3) is 0 Å². The fourth-order valence-electron chi connectivity index (χ4n) is 1.61. The van der Waals surface area contributed by atoms with Gasteiger partial charge in [0.2, 0.25) is 11.8 Å². The molecule has 1 atom stereocenters. The van der Waals surface area contributed by atoms with Crippen molar-refractivity contribution in [1.29, 1.82) is 0 Å². The molecule has 0 aliphatic carbocycles. The molecule has 5 nitrogen and oxygen atoms in total. The van der Waals surface area contributed by atoms with E-state index in [-0.39, 0.29) is 30.2 Å². The van der Waals surface area contributed by atoms with Crippen molar-refractivity contribution in [3.63, 3.8) is 0 Å². The molecule has 1 heterocycles. The molecule has 1 rings (SSSR count). The number of nitrogens with zero attached hydrogens (tertiary/aromatic N) is 1. The van der Waals surface area contributed by atoms with Crippen molar-refractivity contribution in [3.8, 4) is 5.88 Å². The predicted octanol–water partition coefficient (Wildman–Crippen LogP) is 2.19. The highest BCUT2D eigenvalue weighted by molar-refractivity contribution is 5.92. The lowest BCUT2D eigenvalue weighted by Gasteiger charge is -2.18. The Morgan fingerprint density at radius 2 is 2.10 bits per heavy atom. The molecular formula is C13H18F3N3O2. The third-order valence-electron chi connectivity index (χ3n) is 2.78. The second kappa shape index (κ2) is 7.26. The highest BCUT2D eigenvalue weighted by Crippen LogP contribution is 2.19. The molecule has 0 fully saturated rings. The Labute approximate surface area is 120 Å². The van der Waals surface area contributed by atoms with Crippen LogP contribution in [0.3, 0.4) is 0 Å². The van der Waals surface area contributed by atoms with Gasteiger partial charge in [0.05, 0.1) is 17.8 Å². The topological polar surface area (TPSA) is 77.2 Å². The number of carbonyl (C=O) groups is 1. The Morgan fingerprint density at radius 3 is 2.52 bits per heavy atom. The number of ether oxygens (including phenoxy) is 1. The van der Waals surface area contributed by atoms with E-state index in [0.717, 1.165) is 0 Å². The molecule has 21 heavy (non-hydrogen) atoms. The van der Waals surface area contributed by atoms with E-state index in [1.807, 2.05) is 13.8 Å². The third kappa shape index (κ3) is 5.99. The van der Waals surface area contributed by atoms with E-state index in [1.54, 1.807) is 0 Å². The van der Waals surface area contributed by atoms with Crippen LogP contribution in [0.4, 0.5) is 18.9 Å². The molecule has 0 aromatic carbocycles. The number of rotatable bonds is 6. The van der Waals surface area contributed by atoms with E-state index in [1.165, 1.54) is 18.3 Å². The predicted molar refractivity (Wildman–Crippen MR) is 71.8 cm³/mol. The molecule has 3 N–H and O–H groups in total. The maximum Gasteiger partial charge on any atom is 0.422 e. The van der Waals surface area contributed by atoms with E-state index < -0.39 is 12.8 Å². The lowest BCUT2D eigenvalue weighted by molar-refractivity contribution is -0.154. The molecule has 0 spiro atoms. The number of hydrogen-bond acceptors (Lipinski definition) is 4. The van der Waals surface area contributed by atoms with Gasteiger partial charge in [-0.2, -0.15) is 13.2 Å². The quantitative estimate of drug-likeness (QED) is 0.844. The molecule has 0 radical (unpaired) electrons. The first-order valence-corrected chi connectivity index (χ1v) is 6.39. The van der Waals surface area contributed by atoms with E-state index in [4.69, 9.17) is 5.73 Å². The number of nitrogens with one attached hydrogen (secondary N) is 1. The zero-order valence-electron chi connectivity index (χ0n) is 11.8. The molecule has 0 aliphatic rings. The molecule has 1 aromatic heterocycles. The summed E-state index contributed by atoms with van der Waals surface area (Å²) in [6.07, 6.45) is -3.18. The molecular weight excluding hydrogens is 287 g/mol. The van der Waals surface area contributed by atoms with Gasteiger partial charge in [0.25, 0.3) is 0 Å². The summed E-state index contributed by atoms with van der Waals surface area (Å²) in [5.74, 6) is -0.675. The average Bonchev–Trinajstić information content (AvgIpc) is 2.37. The number of amides is 1. The molecule has 8 heteroatoms. The van der Waals surface area contributed by atoms with Crippen molar-refractivity contribution >= 4 is 11.6 Å². The van der Waals surface area contributed by atoms with E-state index in [0.29, 0.717) is 5.69 Å². The second-order valence-corrected chi connectivity index (χ2v) is 4.86. The van der Waals surface area contributed by atoms with Crippen LogP contribution in [0, 0.1) is 11.8 Å². The first-order valence-electron chi connectivity index (χ1n) is 6.39. The minimum atomic E-state index is -4.42. The molecule has 0 aliphatic heterocycles. The van der Waals surface area contributed by atoms with Gasteiger partial charge in [0.15, 0.2) is 6.61 Å². The standard InChI is InChI=1S/C13H18F3N3O2/c1-8(2)10(5-17)12(20)19-9-3-4-11(18-6-9)21-7-13(14,15)16/h3-4,6,8,10H,5,7,17H2,1-2H3,(H,19,20). The summed E-state index contributed by atoms with van der Waals surface area (Å²) in [4.78, 5) is 15.6. The molecule has 0 saturated carbocycles. The normalized spacial score (nSPS) is 13.1. The van der Waals surface area contributed by atoms with Crippen LogP contribution in [0.2, 0.25) is 0 Å². The van der Waals surface area contributed by atoms with Gasteiger partial charge in [-0.1, -0.05) is 13.8 Å². The number of alkyl halides is 3. The van der Waals surface area contributed by atoms with Crippen molar-refractivity contribution in [1.82, 2.24) is 4.98 Å². The van der Waals surface area contributed by atoms with E-state index in [9.17, 15) is 18.0 Å². The number of nitrogens with two attached hydrogens (primary N) is 1. The lowest BCUT2D eigenvalue weighted by Crippen LogP contribution is -2.33. The monoisotopic (exact) mass is 305 g/mol. The van der Waals surface area contributed by atoms with Crippen LogP contribution in [0.15, 0.2) is 18.3 Å². The van der Waals surface area contributed by atoms with Crippen molar-refractivity contribution < 1.29 is 22.7 Å². The van der Waals surface area contributed by atoms with Crippen molar-refractivity contribution in [2.75, 3.05) is 18.5 Å². The Hall–Kier alpha value is -1.83. The fourth-order valence-corrected chi connectivity index (χ4v) is 1.61. The number of aromatic nitrogens is 1. The summed E-state index contributed by atoms with van der Waals surface area (Å²) in [7, 11) is 0. The Morgan fingerprint density at radius 1 is 1.43 bits per heavy atom. The molecule has 0 saturated heterocycles. The number of carbonyl (C=O) groups excluding carboxylic acids is 1. The van der Waals surface area contributed by atoms with Crippen LogP contribution in [0.5, 0.6) is 5.88 Å². The van der Waals surface area contributed by atoms with Crippen LogP contribution < -0.4 is 15.8 Å². The SMILES string of the molecule is CC(C)C(CN)C(=O)Nc1ccc(OCC(F)(F)F)nc1. The van der Waals surface area contributed by atoms with Crippen LogP contribution in [-0.2, 0) is 4.79 Å². The lowest BCUT2D eigenvalue weighted by atomic mass is 9.95. The van der Waals surface area contributed by atoms with Gasteiger partial charge in [0, 0.05) is 12.6 Å². The Bertz CT molecular complexity index is 461. The molecule has 1 unspecified atom stereocenters. The summed E-state index contributed by atoms with van der Waals surface area (Å²) in [5.41, 5.74) is 5.90. The third-order valence-corrected chi connectivity index (χ3v) is 2.78.